The molecule has 9 heteroatoms. The second-order valence-corrected chi connectivity index (χ2v) is 10.4. The predicted octanol–water partition coefficient (Wildman–Crippen LogP) is 6.51. The Morgan fingerprint density at radius 2 is 1.71 bits per heavy atom. The minimum Gasteiger partial charge on any atom is -0.323 e. The van der Waals surface area contributed by atoms with E-state index in [1.54, 1.807) is 0 Å². The fourth-order valence-corrected chi connectivity index (χ4v) is 4.93. The van der Waals surface area contributed by atoms with Crippen molar-refractivity contribution >= 4 is 23.4 Å². The number of nitrogens with zero attached hydrogens (tertiary/aromatic N) is 3. The van der Waals surface area contributed by atoms with Crippen LogP contribution in [0.5, 0.6) is 0 Å². The number of amides is 1. The van der Waals surface area contributed by atoms with Gasteiger partial charge in [-0.1, -0.05) is 69.6 Å². The van der Waals surface area contributed by atoms with E-state index in [0.717, 1.165) is 49.2 Å². The van der Waals surface area contributed by atoms with Crippen molar-refractivity contribution in [1.29, 1.82) is 0 Å². The molecular weight excluding hydrogens is 461 g/mol. The van der Waals surface area contributed by atoms with E-state index in [4.69, 9.17) is 0 Å². The standard InChI is InChI=1S/C25H27F3N4OS/c1-25(2,3)16-10-8-15(9-11-16)23-30-31-24(32(23)17-6-4-5-7-17)34-14-20(33)29-19-13-12-18(26)21(27)22(19)28/h8-13,17H,4-7,14H2,1-3H3,(H,29,33). The summed E-state index contributed by atoms with van der Waals surface area (Å²) in [7, 11) is 0. The van der Waals surface area contributed by atoms with Crippen molar-refractivity contribution in [3.8, 4) is 11.4 Å². The minimum atomic E-state index is -1.62. The maximum Gasteiger partial charge on any atom is 0.234 e. The van der Waals surface area contributed by atoms with Crippen LogP contribution in [0, 0.1) is 17.5 Å². The molecule has 1 N–H and O–H groups in total. The van der Waals surface area contributed by atoms with Crippen LogP contribution in [0.25, 0.3) is 11.4 Å². The third-order valence-electron chi connectivity index (χ3n) is 6.01. The average Bonchev–Trinajstić information content (AvgIpc) is 3.47. The summed E-state index contributed by atoms with van der Waals surface area (Å²) in [6.07, 6.45) is 4.24. The number of carbonyl (C=O) groups is 1. The van der Waals surface area contributed by atoms with E-state index in [1.165, 1.54) is 17.3 Å². The molecule has 1 aromatic heterocycles. The summed E-state index contributed by atoms with van der Waals surface area (Å²) in [5.41, 5.74) is 1.81. The molecule has 2 aromatic carbocycles. The Balaban J connectivity index is 1.54. The first-order valence-electron chi connectivity index (χ1n) is 11.3. The number of carbonyl (C=O) groups excluding carboxylic acids is 1. The van der Waals surface area contributed by atoms with Crippen molar-refractivity contribution < 1.29 is 18.0 Å². The largest absolute Gasteiger partial charge is 0.323 e. The molecule has 4 rings (SSSR count). The number of hydrogen-bond acceptors (Lipinski definition) is 4. The molecule has 34 heavy (non-hydrogen) atoms. The Kier molecular flexibility index (Phi) is 7.02. The van der Waals surface area contributed by atoms with E-state index in [0.29, 0.717) is 5.16 Å². The molecule has 0 spiro atoms. The van der Waals surface area contributed by atoms with Crippen LogP contribution in [0.2, 0.25) is 0 Å². The van der Waals surface area contributed by atoms with Crippen molar-refractivity contribution in [2.24, 2.45) is 0 Å². The van der Waals surface area contributed by atoms with Gasteiger partial charge in [-0.05, 0) is 36.0 Å². The first-order chi connectivity index (χ1) is 16.1. The SMILES string of the molecule is CC(C)(C)c1ccc(-c2nnc(SCC(=O)Nc3ccc(F)c(F)c3F)n2C2CCCC2)cc1. The van der Waals surface area contributed by atoms with E-state index in [-0.39, 0.29) is 17.2 Å². The monoisotopic (exact) mass is 488 g/mol. The summed E-state index contributed by atoms with van der Waals surface area (Å²) in [4.78, 5) is 12.4. The molecule has 0 atom stereocenters. The van der Waals surface area contributed by atoms with Crippen molar-refractivity contribution in [3.05, 3.63) is 59.4 Å². The maximum absolute atomic E-state index is 13.9. The molecule has 1 saturated carbocycles. The van der Waals surface area contributed by atoms with Crippen LogP contribution in [0.4, 0.5) is 18.9 Å². The van der Waals surface area contributed by atoms with E-state index < -0.39 is 29.0 Å². The number of benzene rings is 2. The molecule has 180 valence electrons. The lowest BCUT2D eigenvalue weighted by molar-refractivity contribution is -0.113. The topological polar surface area (TPSA) is 59.8 Å². The molecular formula is C25H27F3N4OS. The molecule has 3 aromatic rings. The molecule has 0 saturated heterocycles. The highest BCUT2D eigenvalue weighted by Gasteiger charge is 2.26. The summed E-state index contributed by atoms with van der Waals surface area (Å²) in [6, 6.07) is 10.3. The molecule has 1 aliphatic carbocycles. The zero-order valence-electron chi connectivity index (χ0n) is 19.4. The third-order valence-corrected chi connectivity index (χ3v) is 6.95. The fraction of sp³-hybridized carbons (Fsp3) is 0.400. The molecule has 0 bridgehead atoms. The molecule has 0 unspecified atom stereocenters. The normalized spacial score (nSPS) is 14.5. The van der Waals surface area contributed by atoms with E-state index in [2.05, 4.69) is 53.0 Å². The number of aromatic nitrogens is 3. The summed E-state index contributed by atoms with van der Waals surface area (Å²) < 4.78 is 42.6. The number of thioether (sulfide) groups is 1. The molecule has 1 aliphatic rings. The summed E-state index contributed by atoms with van der Waals surface area (Å²) >= 11 is 1.18. The highest BCUT2D eigenvalue weighted by atomic mass is 32.2. The summed E-state index contributed by atoms with van der Waals surface area (Å²) in [5.74, 6) is -4.22. The van der Waals surface area contributed by atoms with Gasteiger partial charge < -0.3 is 5.32 Å². The second kappa shape index (κ2) is 9.82. The van der Waals surface area contributed by atoms with Gasteiger partial charge in [0.1, 0.15) is 0 Å². The van der Waals surface area contributed by atoms with Gasteiger partial charge in [-0.2, -0.15) is 0 Å². The van der Waals surface area contributed by atoms with Crippen LogP contribution < -0.4 is 5.32 Å². The van der Waals surface area contributed by atoms with Gasteiger partial charge in [0.2, 0.25) is 5.91 Å². The van der Waals surface area contributed by atoms with Gasteiger partial charge >= 0.3 is 0 Å². The average molecular weight is 489 g/mol. The van der Waals surface area contributed by atoms with Gasteiger partial charge in [0, 0.05) is 11.6 Å². The van der Waals surface area contributed by atoms with Crippen LogP contribution in [-0.2, 0) is 10.2 Å². The van der Waals surface area contributed by atoms with Crippen molar-refractivity contribution in [2.45, 2.75) is 63.1 Å². The van der Waals surface area contributed by atoms with Gasteiger partial charge in [-0.3, -0.25) is 9.36 Å². The van der Waals surface area contributed by atoms with Gasteiger partial charge in [-0.25, -0.2) is 13.2 Å². The summed E-state index contributed by atoms with van der Waals surface area (Å²) in [6.45, 7) is 6.49. The molecule has 0 aliphatic heterocycles. The van der Waals surface area contributed by atoms with E-state index in [1.807, 2.05) is 12.1 Å². The van der Waals surface area contributed by atoms with Crippen LogP contribution in [0.3, 0.4) is 0 Å². The number of nitrogens with one attached hydrogen (secondary N) is 1. The molecule has 0 radical (unpaired) electrons. The Bertz CT molecular complexity index is 1180. The summed E-state index contributed by atoms with van der Waals surface area (Å²) in [5, 5.41) is 11.7. The first-order valence-corrected chi connectivity index (χ1v) is 12.3. The quantitative estimate of drug-likeness (QED) is 0.318. The lowest BCUT2D eigenvalue weighted by atomic mass is 9.86. The third kappa shape index (κ3) is 5.14. The zero-order valence-corrected chi connectivity index (χ0v) is 20.2. The molecule has 1 heterocycles. The molecule has 5 nitrogen and oxygen atoms in total. The lowest BCUT2D eigenvalue weighted by Crippen LogP contribution is -2.17. The Morgan fingerprint density at radius 3 is 2.35 bits per heavy atom. The van der Waals surface area contributed by atoms with Crippen LogP contribution in [0.1, 0.15) is 58.1 Å². The van der Waals surface area contributed by atoms with Crippen LogP contribution in [0.15, 0.2) is 41.6 Å². The Labute approximate surface area is 201 Å². The fourth-order valence-electron chi connectivity index (χ4n) is 4.12. The van der Waals surface area contributed by atoms with E-state index in [9.17, 15) is 18.0 Å². The van der Waals surface area contributed by atoms with Crippen molar-refractivity contribution in [2.75, 3.05) is 11.1 Å². The number of halogens is 3. The highest BCUT2D eigenvalue weighted by Crippen LogP contribution is 2.37. The van der Waals surface area contributed by atoms with Crippen LogP contribution >= 0.6 is 11.8 Å². The number of anilines is 1. The van der Waals surface area contributed by atoms with Crippen LogP contribution in [-0.4, -0.2) is 26.4 Å². The van der Waals surface area contributed by atoms with Gasteiger partial charge in [0.25, 0.3) is 0 Å². The van der Waals surface area contributed by atoms with Gasteiger partial charge in [0.05, 0.1) is 11.4 Å². The smallest absolute Gasteiger partial charge is 0.234 e. The Morgan fingerprint density at radius 1 is 1.03 bits per heavy atom. The molecule has 1 amide bonds. The lowest BCUT2D eigenvalue weighted by Gasteiger charge is -2.20. The number of hydrogen-bond donors (Lipinski definition) is 1. The Hall–Kier alpha value is -2.81. The minimum absolute atomic E-state index is 0.0406. The predicted molar refractivity (Wildman–Crippen MR) is 127 cm³/mol. The maximum atomic E-state index is 13.9. The van der Waals surface area contributed by atoms with Crippen molar-refractivity contribution in [3.63, 3.8) is 0 Å². The van der Waals surface area contributed by atoms with E-state index >= 15 is 0 Å². The van der Waals surface area contributed by atoms with Crippen molar-refractivity contribution in [1.82, 2.24) is 14.8 Å². The highest BCUT2D eigenvalue weighted by molar-refractivity contribution is 7.99. The van der Waals surface area contributed by atoms with Gasteiger partial charge in [-0.15, -0.1) is 10.2 Å². The van der Waals surface area contributed by atoms with Gasteiger partial charge in [0.15, 0.2) is 28.4 Å². The number of rotatable bonds is 6. The molecule has 1 fully saturated rings. The first kappa shape index (κ1) is 24.3. The zero-order chi connectivity index (χ0) is 24.5. The second-order valence-electron chi connectivity index (χ2n) is 9.50.